The van der Waals surface area contributed by atoms with Crippen molar-refractivity contribution in [1.82, 2.24) is 10.6 Å². The number of carbonyl (C=O) groups is 2. The van der Waals surface area contributed by atoms with Gasteiger partial charge in [0.05, 0.1) is 0 Å². The number of aliphatic imine (C=N–C) groups is 1. The number of amides is 2. The molecule has 0 bridgehead atoms. The molecular formula is C21H43N5O2. The number of nitrogens with zero attached hydrogens (tertiary/aromatic N) is 1. The smallest absolute Gasteiger partial charge is 0.242 e. The van der Waals surface area contributed by atoms with E-state index in [4.69, 9.17) is 11.5 Å². The third kappa shape index (κ3) is 16.4. The molecule has 7 heteroatoms. The second-order valence-electron chi connectivity index (χ2n) is 7.40. The molecule has 0 saturated heterocycles. The third-order valence-electron chi connectivity index (χ3n) is 4.71. The van der Waals surface area contributed by atoms with E-state index in [9.17, 15) is 9.59 Å². The van der Waals surface area contributed by atoms with Gasteiger partial charge in [-0.15, -0.1) is 0 Å². The summed E-state index contributed by atoms with van der Waals surface area (Å²) >= 11 is 0. The molecule has 0 spiro atoms. The Bertz CT molecular complexity index is 437. The molecule has 0 fully saturated rings. The molecule has 0 radical (unpaired) electrons. The second-order valence-corrected chi connectivity index (χ2v) is 7.40. The molecule has 0 heterocycles. The van der Waals surface area contributed by atoms with Crippen molar-refractivity contribution in [3.63, 3.8) is 0 Å². The van der Waals surface area contributed by atoms with E-state index in [0.717, 1.165) is 25.7 Å². The molecule has 0 aromatic carbocycles. The van der Waals surface area contributed by atoms with Gasteiger partial charge in [0, 0.05) is 19.5 Å². The zero-order valence-electron chi connectivity index (χ0n) is 18.1. The average molecular weight is 398 g/mol. The summed E-state index contributed by atoms with van der Waals surface area (Å²) in [6, 6.07) is -0.481. The number of hydrogen-bond donors (Lipinski definition) is 4. The van der Waals surface area contributed by atoms with Gasteiger partial charge >= 0.3 is 0 Å². The quantitative estimate of drug-likeness (QED) is 0.161. The molecule has 0 rings (SSSR count). The molecule has 0 aliphatic carbocycles. The van der Waals surface area contributed by atoms with E-state index in [1.54, 1.807) is 0 Å². The topological polar surface area (TPSA) is 123 Å². The number of likely N-dealkylation sites (N-methyl/N-ethyl adjacent to an activating group) is 1. The molecule has 1 atom stereocenters. The Morgan fingerprint density at radius 3 is 2.04 bits per heavy atom. The van der Waals surface area contributed by atoms with Crippen LogP contribution in [-0.4, -0.2) is 36.9 Å². The van der Waals surface area contributed by atoms with Crippen LogP contribution < -0.4 is 22.1 Å². The van der Waals surface area contributed by atoms with Gasteiger partial charge in [-0.1, -0.05) is 58.3 Å². The van der Waals surface area contributed by atoms with Crippen LogP contribution in [0.4, 0.5) is 0 Å². The zero-order valence-corrected chi connectivity index (χ0v) is 18.1. The van der Waals surface area contributed by atoms with Crippen LogP contribution in [0.1, 0.15) is 97.3 Å². The lowest BCUT2D eigenvalue weighted by atomic mass is 10.1. The van der Waals surface area contributed by atoms with Crippen LogP contribution in [0, 0.1) is 0 Å². The van der Waals surface area contributed by atoms with E-state index in [2.05, 4.69) is 22.5 Å². The summed E-state index contributed by atoms with van der Waals surface area (Å²) in [4.78, 5) is 28.3. The summed E-state index contributed by atoms with van der Waals surface area (Å²) in [5, 5.41) is 5.68. The van der Waals surface area contributed by atoms with Gasteiger partial charge in [-0.3, -0.25) is 14.6 Å². The largest absolute Gasteiger partial charge is 0.370 e. The van der Waals surface area contributed by atoms with E-state index < -0.39 is 6.04 Å². The van der Waals surface area contributed by atoms with Crippen molar-refractivity contribution in [2.45, 2.75) is 103 Å². The maximum Gasteiger partial charge on any atom is 0.242 e. The van der Waals surface area contributed by atoms with Crippen molar-refractivity contribution < 1.29 is 9.59 Å². The lowest BCUT2D eigenvalue weighted by Gasteiger charge is -2.18. The predicted octanol–water partition coefficient (Wildman–Crippen LogP) is 2.97. The number of rotatable bonds is 18. The summed E-state index contributed by atoms with van der Waals surface area (Å²) in [7, 11) is 0. The van der Waals surface area contributed by atoms with Gasteiger partial charge < -0.3 is 22.1 Å². The van der Waals surface area contributed by atoms with Crippen LogP contribution in [0.15, 0.2) is 4.99 Å². The highest BCUT2D eigenvalue weighted by molar-refractivity contribution is 5.87. The SMILES string of the molecule is CCCCCCCCCCCC(=O)N[C@@H](CCCCN=C(N)N)C(=O)NCC. The molecule has 7 nitrogen and oxygen atoms in total. The summed E-state index contributed by atoms with van der Waals surface area (Å²) in [6.07, 6.45) is 13.6. The van der Waals surface area contributed by atoms with Crippen molar-refractivity contribution in [1.29, 1.82) is 0 Å². The minimum atomic E-state index is -0.481. The number of hydrogen-bond acceptors (Lipinski definition) is 3. The van der Waals surface area contributed by atoms with Crippen LogP contribution in [0.25, 0.3) is 0 Å². The minimum Gasteiger partial charge on any atom is -0.370 e. The van der Waals surface area contributed by atoms with Crippen LogP contribution in [0.2, 0.25) is 0 Å². The Kier molecular flexibility index (Phi) is 17.4. The maximum absolute atomic E-state index is 12.2. The van der Waals surface area contributed by atoms with E-state index in [1.165, 1.54) is 44.9 Å². The Labute approximate surface area is 171 Å². The summed E-state index contributed by atoms with van der Waals surface area (Å²) < 4.78 is 0. The zero-order chi connectivity index (χ0) is 21.0. The highest BCUT2D eigenvalue weighted by atomic mass is 16.2. The highest BCUT2D eigenvalue weighted by Gasteiger charge is 2.19. The standard InChI is InChI=1S/C21H43N5O2/c1-3-5-6-7-8-9-10-11-12-16-19(27)26-18(20(28)24-4-2)15-13-14-17-25-21(22)23/h18H,3-17H2,1-2H3,(H,24,28)(H,26,27)(H4,22,23,25)/t18-/m0/s1. The third-order valence-corrected chi connectivity index (χ3v) is 4.71. The van der Waals surface area contributed by atoms with Gasteiger partial charge in [-0.25, -0.2) is 0 Å². The van der Waals surface area contributed by atoms with Crippen LogP contribution in [0.3, 0.4) is 0 Å². The molecule has 0 aromatic rings. The number of guanidine groups is 1. The Balaban J connectivity index is 3.99. The van der Waals surface area contributed by atoms with E-state index in [-0.39, 0.29) is 17.8 Å². The van der Waals surface area contributed by atoms with Crippen molar-refractivity contribution in [3.05, 3.63) is 0 Å². The van der Waals surface area contributed by atoms with Gasteiger partial charge in [0.2, 0.25) is 11.8 Å². The molecule has 0 aliphatic rings. The lowest BCUT2D eigenvalue weighted by molar-refractivity contribution is -0.129. The van der Waals surface area contributed by atoms with E-state index in [1.807, 2.05) is 6.92 Å². The minimum absolute atomic E-state index is 0.0385. The first-order chi connectivity index (χ1) is 13.5. The van der Waals surface area contributed by atoms with Crippen LogP contribution >= 0.6 is 0 Å². The molecule has 2 amide bonds. The van der Waals surface area contributed by atoms with Gasteiger partial charge in [0.15, 0.2) is 5.96 Å². The fourth-order valence-electron chi connectivity index (χ4n) is 3.10. The highest BCUT2D eigenvalue weighted by Crippen LogP contribution is 2.11. The molecule has 0 unspecified atom stereocenters. The fraction of sp³-hybridized carbons (Fsp3) is 0.857. The van der Waals surface area contributed by atoms with Gasteiger partial charge in [0.1, 0.15) is 6.04 Å². The Morgan fingerprint density at radius 1 is 0.857 bits per heavy atom. The monoisotopic (exact) mass is 397 g/mol. The van der Waals surface area contributed by atoms with Crippen molar-refractivity contribution in [3.8, 4) is 0 Å². The van der Waals surface area contributed by atoms with Crippen molar-refractivity contribution in [2.75, 3.05) is 13.1 Å². The van der Waals surface area contributed by atoms with Crippen molar-refractivity contribution >= 4 is 17.8 Å². The van der Waals surface area contributed by atoms with Crippen molar-refractivity contribution in [2.24, 2.45) is 16.5 Å². The molecule has 0 aliphatic heterocycles. The summed E-state index contributed by atoms with van der Waals surface area (Å²) in [5.41, 5.74) is 10.6. The molecule has 164 valence electrons. The molecule has 0 aromatic heterocycles. The van der Waals surface area contributed by atoms with Gasteiger partial charge in [-0.05, 0) is 32.6 Å². The molecule has 0 saturated carbocycles. The Morgan fingerprint density at radius 2 is 1.46 bits per heavy atom. The maximum atomic E-state index is 12.2. The van der Waals surface area contributed by atoms with E-state index >= 15 is 0 Å². The predicted molar refractivity (Wildman–Crippen MR) is 117 cm³/mol. The fourth-order valence-corrected chi connectivity index (χ4v) is 3.10. The van der Waals surface area contributed by atoms with E-state index in [0.29, 0.717) is 25.9 Å². The first-order valence-electron chi connectivity index (χ1n) is 11.1. The number of unbranched alkanes of at least 4 members (excludes halogenated alkanes) is 9. The van der Waals surface area contributed by atoms with Crippen LogP contribution in [0.5, 0.6) is 0 Å². The summed E-state index contributed by atoms with van der Waals surface area (Å²) in [6.45, 7) is 5.19. The molecular weight excluding hydrogens is 354 g/mol. The molecule has 6 N–H and O–H groups in total. The average Bonchev–Trinajstić information content (AvgIpc) is 2.65. The van der Waals surface area contributed by atoms with Gasteiger partial charge in [0.25, 0.3) is 0 Å². The normalized spacial score (nSPS) is 11.6. The number of nitrogens with two attached hydrogens (primary N) is 2. The number of carbonyl (C=O) groups excluding carboxylic acids is 2. The van der Waals surface area contributed by atoms with Gasteiger partial charge in [-0.2, -0.15) is 0 Å². The van der Waals surface area contributed by atoms with Crippen LogP contribution in [-0.2, 0) is 9.59 Å². The second kappa shape index (κ2) is 18.6. The summed E-state index contributed by atoms with van der Waals surface area (Å²) in [5.74, 6) is -0.0808. The number of nitrogens with one attached hydrogen (secondary N) is 2. The first kappa shape index (κ1) is 26.2. The lowest BCUT2D eigenvalue weighted by Crippen LogP contribution is -2.46. The molecule has 28 heavy (non-hydrogen) atoms. The first-order valence-corrected chi connectivity index (χ1v) is 11.1. The Hall–Kier alpha value is -1.79.